The number of esters is 1. The number of thioether (sulfide) groups is 1. The van der Waals surface area contributed by atoms with Crippen molar-refractivity contribution in [2.24, 2.45) is 0 Å². The van der Waals surface area contributed by atoms with E-state index in [-0.39, 0.29) is 5.97 Å². The maximum atomic E-state index is 11.6. The standard InChI is InChI=1S/C11H16N2O2S2/c1-3-8-9(10(14)15-2)17-11(12-8)13-4-6-16-7-5-13/h3-7H2,1-2H3. The summed E-state index contributed by atoms with van der Waals surface area (Å²) in [6.45, 7) is 4.04. The number of aryl methyl sites for hydroxylation is 1. The van der Waals surface area contributed by atoms with Crippen LogP contribution in [0.25, 0.3) is 0 Å². The third-order valence-corrected chi connectivity index (χ3v) is 4.75. The molecule has 1 aliphatic rings. The van der Waals surface area contributed by atoms with Crippen LogP contribution in [0.5, 0.6) is 0 Å². The molecule has 1 fully saturated rings. The number of carbonyl (C=O) groups excluding carboxylic acids is 1. The first-order valence-corrected chi connectivity index (χ1v) is 7.64. The van der Waals surface area contributed by atoms with E-state index in [1.165, 1.54) is 18.4 Å². The summed E-state index contributed by atoms with van der Waals surface area (Å²) in [5.41, 5.74) is 0.857. The number of carbonyl (C=O) groups is 1. The van der Waals surface area contributed by atoms with Gasteiger partial charge in [0.25, 0.3) is 0 Å². The van der Waals surface area contributed by atoms with Crippen LogP contribution in [0, 0.1) is 0 Å². The van der Waals surface area contributed by atoms with Crippen LogP contribution >= 0.6 is 23.1 Å². The zero-order valence-electron chi connectivity index (χ0n) is 10.1. The summed E-state index contributed by atoms with van der Waals surface area (Å²) in [5, 5.41) is 0.961. The van der Waals surface area contributed by atoms with Gasteiger partial charge < -0.3 is 9.64 Å². The lowest BCUT2D eigenvalue weighted by Crippen LogP contribution is -2.32. The monoisotopic (exact) mass is 272 g/mol. The molecule has 1 saturated heterocycles. The molecule has 0 atom stereocenters. The molecule has 2 heterocycles. The van der Waals surface area contributed by atoms with Gasteiger partial charge >= 0.3 is 5.97 Å². The minimum Gasteiger partial charge on any atom is -0.465 e. The molecule has 17 heavy (non-hydrogen) atoms. The lowest BCUT2D eigenvalue weighted by Gasteiger charge is -2.25. The number of hydrogen-bond acceptors (Lipinski definition) is 6. The van der Waals surface area contributed by atoms with Gasteiger partial charge in [-0.05, 0) is 6.42 Å². The highest BCUT2D eigenvalue weighted by Crippen LogP contribution is 2.29. The van der Waals surface area contributed by atoms with Crippen LogP contribution in [0.4, 0.5) is 5.13 Å². The number of methoxy groups -OCH3 is 1. The Morgan fingerprint density at radius 3 is 2.76 bits per heavy atom. The molecule has 0 radical (unpaired) electrons. The minimum atomic E-state index is -0.267. The SMILES string of the molecule is CCc1nc(N2CCSCC2)sc1C(=O)OC. The number of aromatic nitrogens is 1. The summed E-state index contributed by atoms with van der Waals surface area (Å²) in [6, 6.07) is 0. The topological polar surface area (TPSA) is 42.4 Å². The van der Waals surface area contributed by atoms with Gasteiger partial charge in [0.05, 0.1) is 12.8 Å². The molecule has 94 valence electrons. The number of ether oxygens (including phenoxy) is 1. The average Bonchev–Trinajstić information content (AvgIpc) is 2.83. The van der Waals surface area contributed by atoms with Crippen molar-refractivity contribution in [1.82, 2.24) is 4.98 Å². The molecule has 0 amide bonds. The molecule has 1 aromatic heterocycles. The molecule has 0 bridgehead atoms. The molecule has 0 aromatic carbocycles. The Balaban J connectivity index is 2.23. The highest BCUT2D eigenvalue weighted by molar-refractivity contribution is 7.99. The highest BCUT2D eigenvalue weighted by Gasteiger charge is 2.21. The number of thiazole rings is 1. The van der Waals surface area contributed by atoms with Gasteiger partial charge in [-0.2, -0.15) is 11.8 Å². The average molecular weight is 272 g/mol. The summed E-state index contributed by atoms with van der Waals surface area (Å²) < 4.78 is 4.79. The van der Waals surface area contributed by atoms with Crippen molar-refractivity contribution < 1.29 is 9.53 Å². The largest absolute Gasteiger partial charge is 0.465 e. The van der Waals surface area contributed by atoms with Gasteiger partial charge in [0, 0.05) is 24.6 Å². The molecule has 6 heteroatoms. The molecule has 0 saturated carbocycles. The van der Waals surface area contributed by atoms with E-state index in [0.29, 0.717) is 4.88 Å². The predicted molar refractivity (Wildman–Crippen MR) is 72.4 cm³/mol. The Hall–Kier alpha value is -0.750. The van der Waals surface area contributed by atoms with Crippen LogP contribution in [0.1, 0.15) is 22.3 Å². The predicted octanol–water partition coefficient (Wildman–Crippen LogP) is 2.05. The molecule has 1 aliphatic heterocycles. The van der Waals surface area contributed by atoms with Gasteiger partial charge in [0.1, 0.15) is 4.88 Å². The number of rotatable bonds is 3. The van der Waals surface area contributed by atoms with Gasteiger partial charge in [-0.3, -0.25) is 0 Å². The van der Waals surface area contributed by atoms with Gasteiger partial charge in [0.2, 0.25) is 0 Å². The van der Waals surface area contributed by atoms with E-state index in [1.807, 2.05) is 18.7 Å². The second-order valence-electron chi connectivity index (χ2n) is 3.72. The zero-order valence-corrected chi connectivity index (χ0v) is 11.7. The first-order chi connectivity index (χ1) is 8.26. The van der Waals surface area contributed by atoms with Gasteiger partial charge in [-0.15, -0.1) is 0 Å². The molecule has 1 aromatic rings. The van der Waals surface area contributed by atoms with Crippen molar-refractivity contribution in [3.05, 3.63) is 10.6 Å². The van der Waals surface area contributed by atoms with Crippen LogP contribution in [0.2, 0.25) is 0 Å². The van der Waals surface area contributed by atoms with Crippen molar-refractivity contribution in [2.45, 2.75) is 13.3 Å². The Bertz CT molecular complexity index is 400. The maximum absolute atomic E-state index is 11.6. The second kappa shape index (κ2) is 5.73. The first-order valence-electron chi connectivity index (χ1n) is 5.67. The Morgan fingerprint density at radius 1 is 1.47 bits per heavy atom. The van der Waals surface area contributed by atoms with Crippen molar-refractivity contribution in [1.29, 1.82) is 0 Å². The van der Waals surface area contributed by atoms with Gasteiger partial charge in [-0.25, -0.2) is 9.78 Å². The summed E-state index contributed by atoms with van der Waals surface area (Å²) in [6.07, 6.45) is 0.767. The smallest absolute Gasteiger partial charge is 0.350 e. The Morgan fingerprint density at radius 2 is 2.18 bits per heavy atom. The molecular weight excluding hydrogens is 256 g/mol. The van der Waals surface area contributed by atoms with E-state index in [2.05, 4.69) is 9.88 Å². The van der Waals surface area contributed by atoms with Crippen LogP contribution in [-0.2, 0) is 11.2 Å². The lowest BCUT2D eigenvalue weighted by molar-refractivity contribution is 0.0605. The van der Waals surface area contributed by atoms with E-state index in [4.69, 9.17) is 4.74 Å². The van der Waals surface area contributed by atoms with Crippen molar-refractivity contribution in [2.75, 3.05) is 36.6 Å². The number of anilines is 1. The zero-order chi connectivity index (χ0) is 12.3. The summed E-state index contributed by atoms with van der Waals surface area (Å²) in [4.78, 5) is 19.1. The van der Waals surface area contributed by atoms with Crippen LogP contribution in [0.3, 0.4) is 0 Å². The molecule has 0 aliphatic carbocycles. The van der Waals surface area contributed by atoms with Gasteiger partial charge in [-0.1, -0.05) is 18.3 Å². The fourth-order valence-corrected chi connectivity index (χ4v) is 3.75. The molecule has 0 N–H and O–H groups in total. The van der Waals surface area contributed by atoms with Crippen LogP contribution in [-0.4, -0.2) is 42.7 Å². The summed E-state index contributed by atoms with van der Waals surface area (Å²) in [7, 11) is 1.42. The summed E-state index contributed by atoms with van der Waals surface area (Å²) >= 11 is 3.42. The second-order valence-corrected chi connectivity index (χ2v) is 5.92. The summed E-state index contributed by atoms with van der Waals surface area (Å²) in [5.74, 6) is 2.00. The molecule has 2 rings (SSSR count). The van der Waals surface area contributed by atoms with E-state index < -0.39 is 0 Å². The Labute approximate surface area is 109 Å². The van der Waals surface area contributed by atoms with E-state index in [1.54, 1.807) is 0 Å². The maximum Gasteiger partial charge on any atom is 0.350 e. The molecule has 4 nitrogen and oxygen atoms in total. The Kier molecular flexibility index (Phi) is 4.28. The van der Waals surface area contributed by atoms with Crippen molar-refractivity contribution >= 4 is 34.2 Å². The first kappa shape index (κ1) is 12.7. The van der Waals surface area contributed by atoms with Crippen molar-refractivity contribution in [3.8, 4) is 0 Å². The van der Waals surface area contributed by atoms with Crippen LogP contribution in [0.15, 0.2) is 0 Å². The molecular formula is C11H16N2O2S2. The molecule has 0 spiro atoms. The van der Waals surface area contributed by atoms with E-state index in [9.17, 15) is 4.79 Å². The minimum absolute atomic E-state index is 0.267. The fraction of sp³-hybridized carbons (Fsp3) is 0.636. The van der Waals surface area contributed by atoms with Crippen molar-refractivity contribution in [3.63, 3.8) is 0 Å². The molecule has 0 unspecified atom stereocenters. The normalized spacial score (nSPS) is 16.0. The third kappa shape index (κ3) is 2.74. The van der Waals surface area contributed by atoms with Gasteiger partial charge in [0.15, 0.2) is 5.13 Å². The highest BCUT2D eigenvalue weighted by atomic mass is 32.2. The quantitative estimate of drug-likeness (QED) is 0.788. The van der Waals surface area contributed by atoms with E-state index in [0.717, 1.165) is 41.8 Å². The third-order valence-electron chi connectivity index (χ3n) is 2.67. The van der Waals surface area contributed by atoms with Crippen LogP contribution < -0.4 is 4.90 Å². The van der Waals surface area contributed by atoms with E-state index >= 15 is 0 Å². The fourth-order valence-electron chi connectivity index (χ4n) is 1.72. The number of nitrogens with zero attached hydrogens (tertiary/aromatic N) is 2. The number of hydrogen-bond donors (Lipinski definition) is 0. The lowest BCUT2D eigenvalue weighted by atomic mass is 10.3.